The summed E-state index contributed by atoms with van der Waals surface area (Å²) < 4.78 is 0.683. The monoisotopic (exact) mass is 345 g/mol. The van der Waals surface area contributed by atoms with Crippen molar-refractivity contribution in [2.24, 2.45) is 0 Å². The molecule has 0 radical (unpaired) electrons. The van der Waals surface area contributed by atoms with Crippen LogP contribution < -0.4 is 21.0 Å². The highest BCUT2D eigenvalue weighted by Crippen LogP contribution is 2.13. The Bertz CT molecular complexity index is 857. The van der Waals surface area contributed by atoms with Gasteiger partial charge in [0, 0.05) is 24.5 Å². The van der Waals surface area contributed by atoms with Gasteiger partial charge in [-0.3, -0.25) is 14.4 Å². The molecule has 0 spiro atoms. The largest absolute Gasteiger partial charge is 0.477 e. The predicted molar refractivity (Wildman–Crippen MR) is 88.5 cm³/mol. The molecular weight excluding hydrogens is 330 g/mol. The Morgan fingerprint density at radius 2 is 1.68 bits per heavy atom. The lowest BCUT2D eigenvalue weighted by Crippen LogP contribution is -2.34. The molecule has 1 heterocycles. The van der Waals surface area contributed by atoms with Gasteiger partial charge < -0.3 is 20.6 Å². The average molecular weight is 345 g/mol. The maximum absolute atomic E-state index is 11.8. The van der Waals surface area contributed by atoms with E-state index in [1.54, 1.807) is 24.3 Å². The Morgan fingerprint density at radius 3 is 2.24 bits per heavy atom. The minimum atomic E-state index is -1.38. The summed E-state index contributed by atoms with van der Waals surface area (Å²) in [6.45, 7) is 0.894. The standard InChI is InChI=1S/C16H15N3O6/c1-10(20)17-11-4-6-12(7-5-11)18-14(21)9-25-19-8-2-3-13(15(19)22)16(23)24/h2-8H,9H2,1H3,(H,17,20)(H,18,21)(H,23,24). The minimum absolute atomic E-state index is 0.209. The van der Waals surface area contributed by atoms with Crippen molar-refractivity contribution in [3.8, 4) is 0 Å². The number of rotatable bonds is 6. The molecule has 0 bridgehead atoms. The van der Waals surface area contributed by atoms with Gasteiger partial charge in [-0.15, -0.1) is 0 Å². The molecule has 9 heteroatoms. The fourth-order valence-electron chi connectivity index (χ4n) is 1.90. The molecule has 0 aliphatic carbocycles. The van der Waals surface area contributed by atoms with Crippen LogP contribution in [-0.4, -0.2) is 34.2 Å². The number of carboxylic acid groups (broad SMARTS) is 1. The van der Waals surface area contributed by atoms with Crippen LogP contribution in [0.4, 0.5) is 11.4 Å². The van der Waals surface area contributed by atoms with Crippen LogP contribution in [0.1, 0.15) is 17.3 Å². The lowest BCUT2D eigenvalue weighted by molar-refractivity contribution is -0.121. The number of carbonyl (C=O) groups is 3. The number of hydrogen-bond donors (Lipinski definition) is 3. The normalized spacial score (nSPS) is 9.96. The van der Waals surface area contributed by atoms with Gasteiger partial charge in [-0.2, -0.15) is 4.73 Å². The zero-order chi connectivity index (χ0) is 18.4. The Morgan fingerprint density at radius 1 is 1.08 bits per heavy atom. The van der Waals surface area contributed by atoms with Crippen LogP contribution in [0.5, 0.6) is 0 Å². The van der Waals surface area contributed by atoms with E-state index in [4.69, 9.17) is 9.94 Å². The van der Waals surface area contributed by atoms with Crippen molar-refractivity contribution in [2.45, 2.75) is 6.92 Å². The molecule has 0 saturated carbocycles. The molecule has 25 heavy (non-hydrogen) atoms. The van der Waals surface area contributed by atoms with Crippen LogP contribution in [0.3, 0.4) is 0 Å². The third-order valence-corrected chi connectivity index (χ3v) is 2.97. The van der Waals surface area contributed by atoms with E-state index in [-0.39, 0.29) is 5.91 Å². The number of nitrogens with one attached hydrogen (secondary N) is 2. The van der Waals surface area contributed by atoms with Gasteiger partial charge in [0.25, 0.3) is 11.5 Å². The molecule has 3 N–H and O–H groups in total. The molecule has 2 amide bonds. The van der Waals surface area contributed by atoms with E-state index in [0.717, 1.165) is 6.07 Å². The van der Waals surface area contributed by atoms with Crippen molar-refractivity contribution in [1.82, 2.24) is 4.73 Å². The van der Waals surface area contributed by atoms with E-state index in [2.05, 4.69) is 10.6 Å². The van der Waals surface area contributed by atoms with Gasteiger partial charge in [0.2, 0.25) is 5.91 Å². The smallest absolute Gasteiger partial charge is 0.341 e. The van der Waals surface area contributed by atoms with Crippen molar-refractivity contribution in [3.63, 3.8) is 0 Å². The average Bonchev–Trinajstić information content (AvgIpc) is 2.55. The fraction of sp³-hybridized carbons (Fsp3) is 0.125. The molecule has 0 aliphatic rings. The number of nitrogens with zero attached hydrogens (tertiary/aromatic N) is 1. The number of aromatic nitrogens is 1. The number of pyridine rings is 1. The van der Waals surface area contributed by atoms with Crippen LogP contribution in [0.2, 0.25) is 0 Å². The van der Waals surface area contributed by atoms with Crippen molar-refractivity contribution in [3.05, 3.63) is 58.5 Å². The van der Waals surface area contributed by atoms with Gasteiger partial charge in [-0.1, -0.05) is 0 Å². The second-order valence-electron chi connectivity index (χ2n) is 4.94. The minimum Gasteiger partial charge on any atom is -0.477 e. The number of hydrogen-bond acceptors (Lipinski definition) is 5. The van der Waals surface area contributed by atoms with Crippen LogP contribution in [-0.2, 0) is 9.59 Å². The van der Waals surface area contributed by atoms with Crippen LogP contribution in [0, 0.1) is 0 Å². The van der Waals surface area contributed by atoms with Crippen molar-refractivity contribution in [2.75, 3.05) is 17.2 Å². The predicted octanol–water partition coefficient (Wildman–Crippen LogP) is 0.572. The highest BCUT2D eigenvalue weighted by Gasteiger charge is 2.12. The van der Waals surface area contributed by atoms with E-state index in [9.17, 15) is 19.2 Å². The molecule has 2 rings (SSSR count). The van der Waals surface area contributed by atoms with Crippen molar-refractivity contribution < 1.29 is 24.3 Å². The molecule has 0 aliphatic heterocycles. The lowest BCUT2D eigenvalue weighted by Gasteiger charge is -2.10. The molecule has 2 aromatic rings. The highest BCUT2D eigenvalue weighted by molar-refractivity contribution is 5.93. The first-order chi connectivity index (χ1) is 11.9. The fourth-order valence-corrected chi connectivity index (χ4v) is 1.90. The summed E-state index contributed by atoms with van der Waals surface area (Å²) in [6.07, 6.45) is 1.21. The summed E-state index contributed by atoms with van der Waals surface area (Å²) in [6, 6.07) is 8.85. The molecule has 0 atom stereocenters. The number of anilines is 2. The van der Waals surface area contributed by atoms with Gasteiger partial charge in [0.1, 0.15) is 5.56 Å². The second kappa shape index (κ2) is 7.77. The molecule has 130 valence electrons. The zero-order valence-electron chi connectivity index (χ0n) is 13.2. The zero-order valence-corrected chi connectivity index (χ0v) is 13.2. The SMILES string of the molecule is CC(=O)Nc1ccc(NC(=O)COn2cccc(C(=O)O)c2=O)cc1. The third-order valence-electron chi connectivity index (χ3n) is 2.97. The van der Waals surface area contributed by atoms with Crippen LogP contribution in [0.15, 0.2) is 47.4 Å². The summed E-state index contributed by atoms with van der Waals surface area (Å²) in [5.41, 5.74) is -0.285. The number of benzene rings is 1. The third kappa shape index (κ3) is 4.93. The quantitative estimate of drug-likeness (QED) is 0.702. The Labute approximate surface area is 141 Å². The summed E-state index contributed by atoms with van der Waals surface area (Å²) >= 11 is 0. The number of carboxylic acids is 1. The number of aromatic carboxylic acids is 1. The van der Waals surface area contributed by atoms with E-state index < -0.39 is 29.6 Å². The molecular formula is C16H15N3O6. The molecule has 1 aromatic heterocycles. The Balaban J connectivity index is 1.95. The summed E-state index contributed by atoms with van der Waals surface area (Å²) in [4.78, 5) is 50.4. The maximum Gasteiger partial charge on any atom is 0.341 e. The second-order valence-corrected chi connectivity index (χ2v) is 4.94. The molecule has 0 unspecified atom stereocenters. The maximum atomic E-state index is 11.8. The molecule has 0 fully saturated rings. The first-order valence-corrected chi connectivity index (χ1v) is 7.12. The Hall–Kier alpha value is -3.62. The van der Waals surface area contributed by atoms with Gasteiger partial charge >= 0.3 is 5.97 Å². The van der Waals surface area contributed by atoms with Gasteiger partial charge in [0.15, 0.2) is 6.61 Å². The summed E-state index contributed by atoms with van der Waals surface area (Å²) in [5, 5.41) is 14.0. The highest BCUT2D eigenvalue weighted by atomic mass is 16.7. The van der Waals surface area contributed by atoms with Crippen molar-refractivity contribution in [1.29, 1.82) is 0 Å². The Kier molecular flexibility index (Phi) is 5.51. The molecule has 9 nitrogen and oxygen atoms in total. The molecule has 0 saturated heterocycles. The number of amides is 2. The van der Waals surface area contributed by atoms with Crippen LogP contribution in [0.25, 0.3) is 0 Å². The van der Waals surface area contributed by atoms with Gasteiger partial charge in [-0.05, 0) is 36.4 Å². The van der Waals surface area contributed by atoms with E-state index in [1.165, 1.54) is 19.2 Å². The van der Waals surface area contributed by atoms with E-state index in [1.807, 2.05) is 0 Å². The number of carbonyl (C=O) groups excluding carboxylic acids is 2. The van der Waals surface area contributed by atoms with E-state index in [0.29, 0.717) is 16.1 Å². The first-order valence-electron chi connectivity index (χ1n) is 7.12. The van der Waals surface area contributed by atoms with Crippen LogP contribution >= 0.6 is 0 Å². The first kappa shape index (κ1) is 17.7. The van der Waals surface area contributed by atoms with E-state index >= 15 is 0 Å². The van der Waals surface area contributed by atoms with Gasteiger partial charge in [-0.25, -0.2) is 4.79 Å². The van der Waals surface area contributed by atoms with Gasteiger partial charge in [0.05, 0.1) is 0 Å². The topological polar surface area (TPSA) is 127 Å². The molecule has 1 aromatic carbocycles. The van der Waals surface area contributed by atoms with Crippen molar-refractivity contribution >= 4 is 29.2 Å². The lowest BCUT2D eigenvalue weighted by atomic mass is 10.2. The summed E-state index contributed by atoms with van der Waals surface area (Å²) in [7, 11) is 0. The summed E-state index contributed by atoms with van der Waals surface area (Å²) in [5.74, 6) is -2.13.